The molecule has 2 amide bonds. The minimum Gasteiger partial charge on any atom is -0.389 e. The van der Waals surface area contributed by atoms with E-state index in [9.17, 15) is 9.90 Å². The molecule has 0 aliphatic heterocycles. The number of likely N-dealkylation sites (N-methyl/N-ethyl adjacent to an activating group) is 1. The van der Waals surface area contributed by atoms with Crippen molar-refractivity contribution in [2.24, 2.45) is 0 Å². The molecule has 1 aliphatic carbocycles. The van der Waals surface area contributed by atoms with E-state index in [1.165, 1.54) is 32.1 Å². The Morgan fingerprint density at radius 3 is 2.22 bits per heavy atom. The first-order valence-corrected chi connectivity index (χ1v) is 7.12. The van der Waals surface area contributed by atoms with E-state index >= 15 is 0 Å². The molecule has 2 N–H and O–H groups in total. The van der Waals surface area contributed by atoms with Crippen LogP contribution in [0.3, 0.4) is 0 Å². The molecule has 0 spiro atoms. The van der Waals surface area contributed by atoms with Crippen LogP contribution in [0.4, 0.5) is 4.79 Å². The monoisotopic (exact) mass is 256 g/mol. The van der Waals surface area contributed by atoms with E-state index in [1.807, 2.05) is 0 Å². The Kier molecular flexibility index (Phi) is 5.93. The fourth-order valence-electron chi connectivity index (χ4n) is 2.54. The van der Waals surface area contributed by atoms with E-state index in [4.69, 9.17) is 0 Å². The Bertz CT molecular complexity index is 253. The van der Waals surface area contributed by atoms with Gasteiger partial charge in [0, 0.05) is 13.1 Å². The van der Waals surface area contributed by atoms with Crippen LogP contribution in [0.1, 0.15) is 58.8 Å². The van der Waals surface area contributed by atoms with Crippen LogP contribution in [0.25, 0.3) is 0 Å². The highest BCUT2D eigenvalue weighted by molar-refractivity contribution is 5.74. The molecular formula is C14H28N2O2. The van der Waals surface area contributed by atoms with Gasteiger partial charge in [-0.3, -0.25) is 0 Å². The van der Waals surface area contributed by atoms with Gasteiger partial charge in [-0.15, -0.1) is 0 Å². The number of urea groups is 1. The molecule has 0 aromatic heterocycles. The zero-order chi connectivity index (χ0) is 13.6. The number of carbonyl (C=O) groups excluding carboxylic acids is 1. The highest BCUT2D eigenvalue weighted by Crippen LogP contribution is 2.17. The summed E-state index contributed by atoms with van der Waals surface area (Å²) in [5.41, 5.74) is -0.840. The lowest BCUT2D eigenvalue weighted by Crippen LogP contribution is -2.47. The summed E-state index contributed by atoms with van der Waals surface area (Å²) in [5.74, 6) is 0. The summed E-state index contributed by atoms with van der Waals surface area (Å²) in [6, 6.07) is 0.241. The molecule has 0 aromatic rings. The van der Waals surface area contributed by atoms with Gasteiger partial charge in [0.05, 0.1) is 12.1 Å². The standard InChI is InChI=1S/C14H28N2O2/c1-14(2,18)11-16(3)13(17)15-12-9-7-5-4-6-8-10-12/h12,18H,4-11H2,1-3H3,(H,15,17). The maximum Gasteiger partial charge on any atom is 0.317 e. The van der Waals surface area contributed by atoms with Gasteiger partial charge in [0.2, 0.25) is 0 Å². The third kappa shape index (κ3) is 6.24. The van der Waals surface area contributed by atoms with Crippen LogP contribution in [0.2, 0.25) is 0 Å². The highest BCUT2D eigenvalue weighted by atomic mass is 16.3. The summed E-state index contributed by atoms with van der Waals surface area (Å²) in [6.45, 7) is 3.78. The molecule has 0 aromatic carbocycles. The van der Waals surface area contributed by atoms with Crippen molar-refractivity contribution < 1.29 is 9.90 Å². The lowest BCUT2D eigenvalue weighted by Gasteiger charge is -2.28. The lowest BCUT2D eigenvalue weighted by molar-refractivity contribution is 0.0526. The van der Waals surface area contributed by atoms with Crippen LogP contribution in [0, 0.1) is 0 Å². The van der Waals surface area contributed by atoms with E-state index in [1.54, 1.807) is 25.8 Å². The van der Waals surface area contributed by atoms with Gasteiger partial charge in [0.25, 0.3) is 0 Å². The van der Waals surface area contributed by atoms with Gasteiger partial charge in [0.1, 0.15) is 0 Å². The van der Waals surface area contributed by atoms with Crippen LogP contribution in [-0.2, 0) is 0 Å². The zero-order valence-corrected chi connectivity index (χ0v) is 12.0. The Labute approximate surface area is 111 Å². The van der Waals surface area contributed by atoms with E-state index < -0.39 is 5.60 Å². The second-order valence-corrected chi connectivity index (χ2v) is 6.16. The van der Waals surface area contributed by atoms with Gasteiger partial charge in [-0.05, 0) is 26.7 Å². The number of amides is 2. The van der Waals surface area contributed by atoms with Gasteiger partial charge in [0.15, 0.2) is 0 Å². The van der Waals surface area contributed by atoms with E-state index in [-0.39, 0.29) is 6.03 Å². The van der Waals surface area contributed by atoms with Crippen molar-refractivity contribution in [3.63, 3.8) is 0 Å². The van der Waals surface area contributed by atoms with Gasteiger partial charge < -0.3 is 15.3 Å². The van der Waals surface area contributed by atoms with Crippen LogP contribution < -0.4 is 5.32 Å². The first-order chi connectivity index (χ1) is 8.38. The SMILES string of the molecule is CN(CC(C)(C)O)C(=O)NC1CCCCCCC1. The number of hydrogen-bond donors (Lipinski definition) is 2. The molecule has 0 unspecified atom stereocenters. The molecule has 1 saturated carbocycles. The molecule has 1 rings (SSSR count). The normalized spacial score (nSPS) is 18.9. The molecule has 0 radical (unpaired) electrons. The molecule has 0 heterocycles. The maximum absolute atomic E-state index is 12.0. The summed E-state index contributed by atoms with van der Waals surface area (Å²) in [4.78, 5) is 13.6. The molecule has 106 valence electrons. The predicted octanol–water partition coefficient (Wildman–Crippen LogP) is 2.51. The molecular weight excluding hydrogens is 228 g/mol. The lowest BCUT2D eigenvalue weighted by atomic mass is 9.97. The fraction of sp³-hybridized carbons (Fsp3) is 0.929. The molecule has 1 aliphatic rings. The van der Waals surface area contributed by atoms with Gasteiger partial charge in [-0.1, -0.05) is 32.1 Å². The molecule has 18 heavy (non-hydrogen) atoms. The predicted molar refractivity (Wildman–Crippen MR) is 73.6 cm³/mol. The van der Waals surface area contributed by atoms with E-state index in [0.29, 0.717) is 12.6 Å². The average molecular weight is 256 g/mol. The van der Waals surface area contributed by atoms with Crippen molar-refractivity contribution in [1.82, 2.24) is 10.2 Å². The molecule has 0 atom stereocenters. The third-order valence-electron chi connectivity index (χ3n) is 3.40. The van der Waals surface area contributed by atoms with E-state index in [0.717, 1.165) is 12.8 Å². The van der Waals surface area contributed by atoms with Crippen molar-refractivity contribution >= 4 is 6.03 Å². The first-order valence-electron chi connectivity index (χ1n) is 7.12. The number of aliphatic hydroxyl groups is 1. The zero-order valence-electron chi connectivity index (χ0n) is 12.0. The molecule has 4 nitrogen and oxygen atoms in total. The molecule has 1 fully saturated rings. The summed E-state index contributed by atoms with van der Waals surface area (Å²) in [5, 5.41) is 12.8. The van der Waals surface area contributed by atoms with Crippen molar-refractivity contribution in [3.8, 4) is 0 Å². The van der Waals surface area contributed by atoms with Crippen LogP contribution in [0.15, 0.2) is 0 Å². The molecule has 0 bridgehead atoms. The second kappa shape index (κ2) is 6.98. The number of nitrogens with zero attached hydrogens (tertiary/aromatic N) is 1. The van der Waals surface area contributed by atoms with Crippen molar-refractivity contribution in [2.75, 3.05) is 13.6 Å². The van der Waals surface area contributed by atoms with Gasteiger partial charge >= 0.3 is 6.03 Å². The smallest absolute Gasteiger partial charge is 0.317 e. The maximum atomic E-state index is 12.0. The highest BCUT2D eigenvalue weighted by Gasteiger charge is 2.21. The Morgan fingerprint density at radius 2 is 1.72 bits per heavy atom. The number of carbonyl (C=O) groups is 1. The minimum absolute atomic E-state index is 0.0669. The third-order valence-corrected chi connectivity index (χ3v) is 3.40. The van der Waals surface area contributed by atoms with Gasteiger partial charge in [-0.25, -0.2) is 4.79 Å². The van der Waals surface area contributed by atoms with Crippen LogP contribution in [0.5, 0.6) is 0 Å². The molecule has 4 heteroatoms. The number of hydrogen-bond acceptors (Lipinski definition) is 2. The number of nitrogens with one attached hydrogen (secondary N) is 1. The Morgan fingerprint density at radius 1 is 1.22 bits per heavy atom. The van der Waals surface area contributed by atoms with Crippen molar-refractivity contribution in [1.29, 1.82) is 0 Å². The Hall–Kier alpha value is -0.770. The summed E-state index contributed by atoms with van der Waals surface area (Å²) < 4.78 is 0. The quantitative estimate of drug-likeness (QED) is 0.815. The summed E-state index contributed by atoms with van der Waals surface area (Å²) >= 11 is 0. The second-order valence-electron chi connectivity index (χ2n) is 6.16. The minimum atomic E-state index is -0.840. The fourth-order valence-corrected chi connectivity index (χ4v) is 2.54. The first kappa shape index (κ1) is 15.3. The van der Waals surface area contributed by atoms with Crippen molar-refractivity contribution in [3.05, 3.63) is 0 Å². The largest absolute Gasteiger partial charge is 0.389 e. The van der Waals surface area contributed by atoms with Crippen LogP contribution >= 0.6 is 0 Å². The topological polar surface area (TPSA) is 52.6 Å². The number of rotatable bonds is 3. The van der Waals surface area contributed by atoms with Crippen LogP contribution in [-0.4, -0.2) is 41.3 Å². The summed E-state index contributed by atoms with van der Waals surface area (Å²) in [7, 11) is 1.73. The van der Waals surface area contributed by atoms with Crippen molar-refractivity contribution in [2.45, 2.75) is 70.4 Å². The van der Waals surface area contributed by atoms with Gasteiger partial charge in [-0.2, -0.15) is 0 Å². The van der Waals surface area contributed by atoms with E-state index in [2.05, 4.69) is 5.32 Å². The Balaban J connectivity index is 2.37. The molecule has 0 saturated heterocycles. The summed E-state index contributed by atoms with van der Waals surface area (Å²) in [6.07, 6.45) is 8.49. The average Bonchev–Trinajstić information content (AvgIpc) is 2.19.